The van der Waals surface area contributed by atoms with Crippen LogP contribution < -0.4 is 0 Å². The summed E-state index contributed by atoms with van der Waals surface area (Å²) in [6, 6.07) is 11.6. The molecule has 0 fully saturated rings. The van der Waals surface area contributed by atoms with E-state index in [1.54, 1.807) is 0 Å². The molecule has 0 unspecified atom stereocenters. The fourth-order valence-electron chi connectivity index (χ4n) is 2.51. The van der Waals surface area contributed by atoms with E-state index < -0.39 is 0 Å². The highest BCUT2D eigenvalue weighted by Gasteiger charge is 2.10. The number of rotatable bonds is 5. The van der Waals surface area contributed by atoms with Gasteiger partial charge in [0.2, 0.25) is 0 Å². The SMILES string of the molecule is CCCC(CCC)n1ccc2ccccc21. The van der Waals surface area contributed by atoms with Crippen LogP contribution in [0.15, 0.2) is 36.5 Å². The predicted molar refractivity (Wildman–Crippen MR) is 70.8 cm³/mol. The van der Waals surface area contributed by atoms with Gasteiger partial charge < -0.3 is 4.57 Å². The summed E-state index contributed by atoms with van der Waals surface area (Å²) in [5, 5.41) is 1.36. The molecule has 1 heterocycles. The van der Waals surface area contributed by atoms with Crippen LogP contribution in [-0.4, -0.2) is 4.57 Å². The Labute approximate surface area is 98.1 Å². The van der Waals surface area contributed by atoms with Gasteiger partial charge in [0.1, 0.15) is 0 Å². The zero-order valence-corrected chi connectivity index (χ0v) is 10.3. The maximum Gasteiger partial charge on any atom is 0.0482 e. The zero-order valence-electron chi connectivity index (χ0n) is 10.3. The molecular weight excluding hydrogens is 194 g/mol. The Balaban J connectivity index is 2.36. The van der Waals surface area contributed by atoms with Gasteiger partial charge in [0, 0.05) is 17.8 Å². The molecule has 0 saturated heterocycles. The van der Waals surface area contributed by atoms with Crippen LogP contribution in [0.2, 0.25) is 0 Å². The van der Waals surface area contributed by atoms with Crippen LogP contribution in [0.4, 0.5) is 0 Å². The fourth-order valence-corrected chi connectivity index (χ4v) is 2.51. The van der Waals surface area contributed by atoms with E-state index in [9.17, 15) is 0 Å². The van der Waals surface area contributed by atoms with Crippen molar-refractivity contribution in [2.45, 2.75) is 45.6 Å². The van der Waals surface area contributed by atoms with Crippen molar-refractivity contribution in [1.82, 2.24) is 4.57 Å². The summed E-state index contributed by atoms with van der Waals surface area (Å²) < 4.78 is 2.46. The molecule has 0 aliphatic heterocycles. The molecule has 86 valence electrons. The van der Waals surface area contributed by atoms with Gasteiger partial charge in [-0.1, -0.05) is 44.9 Å². The average Bonchev–Trinajstić information content (AvgIpc) is 2.72. The lowest BCUT2D eigenvalue weighted by Crippen LogP contribution is -2.07. The van der Waals surface area contributed by atoms with E-state index in [4.69, 9.17) is 0 Å². The Morgan fingerprint density at radius 3 is 2.38 bits per heavy atom. The van der Waals surface area contributed by atoms with Crippen molar-refractivity contribution in [3.8, 4) is 0 Å². The molecule has 0 N–H and O–H groups in total. The Morgan fingerprint density at radius 1 is 1.00 bits per heavy atom. The van der Waals surface area contributed by atoms with Crippen molar-refractivity contribution < 1.29 is 0 Å². The van der Waals surface area contributed by atoms with E-state index in [2.05, 4.69) is 54.9 Å². The predicted octanol–water partition coefficient (Wildman–Crippen LogP) is 4.78. The smallest absolute Gasteiger partial charge is 0.0482 e. The molecule has 0 amide bonds. The highest BCUT2D eigenvalue weighted by molar-refractivity contribution is 5.80. The van der Waals surface area contributed by atoms with Crippen LogP contribution in [0, 0.1) is 0 Å². The molecule has 0 radical (unpaired) electrons. The fraction of sp³-hybridized carbons (Fsp3) is 0.467. The summed E-state index contributed by atoms with van der Waals surface area (Å²) in [5.74, 6) is 0. The van der Waals surface area contributed by atoms with E-state index in [0.29, 0.717) is 6.04 Å². The molecule has 0 aliphatic carbocycles. The van der Waals surface area contributed by atoms with E-state index in [1.807, 2.05) is 0 Å². The highest BCUT2D eigenvalue weighted by atomic mass is 15.0. The van der Waals surface area contributed by atoms with Crippen LogP contribution in [0.25, 0.3) is 10.9 Å². The number of nitrogens with zero attached hydrogens (tertiary/aromatic N) is 1. The zero-order chi connectivity index (χ0) is 11.4. The quantitative estimate of drug-likeness (QED) is 0.676. The first kappa shape index (κ1) is 11.3. The summed E-state index contributed by atoms with van der Waals surface area (Å²) in [4.78, 5) is 0. The molecule has 2 aromatic rings. The summed E-state index contributed by atoms with van der Waals surface area (Å²) in [6.45, 7) is 4.54. The number of hydrogen-bond donors (Lipinski definition) is 0. The second-order valence-corrected chi connectivity index (χ2v) is 4.51. The van der Waals surface area contributed by atoms with E-state index in [1.165, 1.54) is 36.6 Å². The molecule has 0 saturated carbocycles. The molecule has 0 aliphatic rings. The monoisotopic (exact) mass is 215 g/mol. The minimum Gasteiger partial charge on any atom is -0.344 e. The topological polar surface area (TPSA) is 4.93 Å². The maximum absolute atomic E-state index is 2.46. The minimum absolute atomic E-state index is 0.676. The molecule has 1 aromatic heterocycles. The summed E-state index contributed by atoms with van der Waals surface area (Å²) in [5.41, 5.74) is 1.38. The van der Waals surface area contributed by atoms with E-state index in [-0.39, 0.29) is 0 Å². The summed E-state index contributed by atoms with van der Waals surface area (Å²) >= 11 is 0. The second-order valence-electron chi connectivity index (χ2n) is 4.51. The highest BCUT2D eigenvalue weighted by Crippen LogP contribution is 2.26. The van der Waals surface area contributed by atoms with Crippen LogP contribution in [0.5, 0.6) is 0 Å². The van der Waals surface area contributed by atoms with Crippen LogP contribution in [-0.2, 0) is 0 Å². The minimum atomic E-state index is 0.676. The molecule has 0 spiro atoms. The Kier molecular flexibility index (Phi) is 3.66. The first-order valence-electron chi connectivity index (χ1n) is 6.42. The van der Waals surface area contributed by atoms with Crippen molar-refractivity contribution in [2.75, 3.05) is 0 Å². The lowest BCUT2D eigenvalue weighted by molar-refractivity contribution is 0.438. The van der Waals surface area contributed by atoms with Crippen LogP contribution in [0.1, 0.15) is 45.6 Å². The normalized spacial score (nSPS) is 11.4. The average molecular weight is 215 g/mol. The Bertz CT molecular complexity index is 435. The standard InChI is InChI=1S/C15H21N/c1-3-7-14(8-4-2)16-12-11-13-9-5-6-10-15(13)16/h5-6,9-12,14H,3-4,7-8H2,1-2H3. The first-order chi connectivity index (χ1) is 7.86. The number of fused-ring (bicyclic) bond motifs is 1. The number of benzene rings is 1. The van der Waals surface area contributed by atoms with Crippen molar-refractivity contribution >= 4 is 10.9 Å². The van der Waals surface area contributed by atoms with Gasteiger partial charge in [0.25, 0.3) is 0 Å². The van der Waals surface area contributed by atoms with Crippen molar-refractivity contribution in [3.05, 3.63) is 36.5 Å². The van der Waals surface area contributed by atoms with Gasteiger partial charge in [-0.15, -0.1) is 0 Å². The number of hydrogen-bond acceptors (Lipinski definition) is 0. The largest absolute Gasteiger partial charge is 0.344 e. The second kappa shape index (κ2) is 5.20. The van der Waals surface area contributed by atoms with Gasteiger partial charge in [0.15, 0.2) is 0 Å². The third-order valence-electron chi connectivity index (χ3n) is 3.27. The van der Waals surface area contributed by atoms with Crippen LogP contribution >= 0.6 is 0 Å². The third-order valence-corrected chi connectivity index (χ3v) is 3.27. The van der Waals surface area contributed by atoms with Crippen LogP contribution in [0.3, 0.4) is 0 Å². The molecule has 2 rings (SSSR count). The summed E-state index contributed by atoms with van der Waals surface area (Å²) in [7, 11) is 0. The first-order valence-corrected chi connectivity index (χ1v) is 6.42. The Morgan fingerprint density at radius 2 is 1.69 bits per heavy atom. The molecule has 1 aromatic carbocycles. The summed E-state index contributed by atoms with van der Waals surface area (Å²) in [6.07, 6.45) is 7.34. The van der Waals surface area contributed by atoms with Gasteiger partial charge in [0.05, 0.1) is 0 Å². The van der Waals surface area contributed by atoms with E-state index >= 15 is 0 Å². The van der Waals surface area contributed by atoms with Gasteiger partial charge >= 0.3 is 0 Å². The maximum atomic E-state index is 2.46. The molecule has 0 bridgehead atoms. The molecule has 0 atom stereocenters. The van der Waals surface area contributed by atoms with Crippen molar-refractivity contribution in [1.29, 1.82) is 0 Å². The van der Waals surface area contributed by atoms with Gasteiger partial charge in [-0.2, -0.15) is 0 Å². The van der Waals surface area contributed by atoms with Gasteiger partial charge in [-0.25, -0.2) is 0 Å². The third kappa shape index (κ3) is 2.13. The molecular formula is C15H21N. The van der Waals surface area contributed by atoms with Crippen molar-refractivity contribution in [2.24, 2.45) is 0 Å². The molecule has 1 nitrogen and oxygen atoms in total. The lowest BCUT2D eigenvalue weighted by atomic mass is 10.1. The van der Waals surface area contributed by atoms with Crippen molar-refractivity contribution in [3.63, 3.8) is 0 Å². The lowest BCUT2D eigenvalue weighted by Gasteiger charge is -2.18. The van der Waals surface area contributed by atoms with E-state index in [0.717, 1.165) is 0 Å². The van der Waals surface area contributed by atoms with Gasteiger partial charge in [-0.05, 0) is 30.4 Å². The molecule has 16 heavy (non-hydrogen) atoms. The number of para-hydroxylation sites is 1. The van der Waals surface area contributed by atoms with Gasteiger partial charge in [-0.3, -0.25) is 0 Å². The molecule has 1 heteroatoms. The number of aromatic nitrogens is 1. The Hall–Kier alpha value is -1.24.